The Bertz CT molecular complexity index is 604. The number of benzene rings is 2. The predicted octanol–water partition coefficient (Wildman–Crippen LogP) is 3.50. The van der Waals surface area contributed by atoms with Gasteiger partial charge in [0.2, 0.25) is 0 Å². The molecule has 3 nitrogen and oxygen atoms in total. The molecule has 2 aromatic carbocycles. The van der Waals surface area contributed by atoms with Crippen molar-refractivity contribution in [1.82, 2.24) is 0 Å². The highest BCUT2D eigenvalue weighted by Gasteiger charge is 2.11. The maximum atomic E-state index is 11.6. The summed E-state index contributed by atoms with van der Waals surface area (Å²) in [5.41, 5.74) is 1.77. The Morgan fingerprint density at radius 1 is 1.20 bits per heavy atom. The number of hydrogen-bond acceptors (Lipinski definition) is 3. The monoisotopic (exact) mass is 272 g/mol. The molecule has 0 saturated carbocycles. The number of rotatable bonds is 5. The zero-order valence-corrected chi connectivity index (χ0v) is 11.9. The Morgan fingerprint density at radius 2 is 1.95 bits per heavy atom. The largest absolute Gasteiger partial charge is 0.465 e. The molecule has 1 atom stereocenters. The van der Waals surface area contributed by atoms with Gasteiger partial charge in [-0.1, -0.05) is 31.2 Å². The van der Waals surface area contributed by atoms with Crippen molar-refractivity contribution >= 4 is 16.7 Å². The van der Waals surface area contributed by atoms with Gasteiger partial charge >= 0.3 is 5.97 Å². The number of aliphatic hydroxyl groups is 1. The van der Waals surface area contributed by atoms with Gasteiger partial charge in [0.1, 0.15) is 0 Å². The van der Waals surface area contributed by atoms with Crippen LogP contribution in [0.25, 0.3) is 10.8 Å². The molecule has 0 aliphatic carbocycles. The molecule has 2 aromatic rings. The fraction of sp³-hybridized carbons (Fsp3) is 0.353. The van der Waals surface area contributed by atoms with Gasteiger partial charge in [0.05, 0.1) is 12.7 Å². The summed E-state index contributed by atoms with van der Waals surface area (Å²) in [5.74, 6) is 0.0332. The smallest absolute Gasteiger partial charge is 0.337 e. The molecule has 106 valence electrons. The van der Waals surface area contributed by atoms with E-state index >= 15 is 0 Å². The molecule has 0 radical (unpaired) electrons. The highest BCUT2D eigenvalue weighted by atomic mass is 16.5. The van der Waals surface area contributed by atoms with Crippen LogP contribution in [0.3, 0.4) is 0 Å². The quantitative estimate of drug-likeness (QED) is 0.847. The molecule has 0 fully saturated rings. The highest BCUT2D eigenvalue weighted by molar-refractivity contribution is 5.95. The lowest BCUT2D eigenvalue weighted by molar-refractivity contribution is 0.0601. The summed E-state index contributed by atoms with van der Waals surface area (Å²) < 4.78 is 4.75. The topological polar surface area (TPSA) is 46.5 Å². The first kappa shape index (κ1) is 14.5. The number of methoxy groups -OCH3 is 1. The van der Waals surface area contributed by atoms with Gasteiger partial charge in [0, 0.05) is 6.61 Å². The molecule has 0 spiro atoms. The van der Waals surface area contributed by atoms with Crippen LogP contribution in [-0.2, 0) is 4.74 Å². The minimum absolute atomic E-state index is 0.193. The van der Waals surface area contributed by atoms with Crippen LogP contribution in [0.5, 0.6) is 0 Å². The zero-order chi connectivity index (χ0) is 14.5. The van der Waals surface area contributed by atoms with E-state index in [1.807, 2.05) is 12.1 Å². The van der Waals surface area contributed by atoms with Crippen LogP contribution in [0.2, 0.25) is 0 Å². The van der Waals surface area contributed by atoms with Gasteiger partial charge in [0.15, 0.2) is 0 Å². The van der Waals surface area contributed by atoms with Crippen molar-refractivity contribution < 1.29 is 14.6 Å². The lowest BCUT2D eigenvalue weighted by Gasteiger charge is -2.14. The van der Waals surface area contributed by atoms with Crippen molar-refractivity contribution in [3.63, 3.8) is 0 Å². The van der Waals surface area contributed by atoms with Crippen molar-refractivity contribution in [1.29, 1.82) is 0 Å². The average Bonchev–Trinajstić information content (AvgIpc) is 2.50. The summed E-state index contributed by atoms with van der Waals surface area (Å²) in [4.78, 5) is 11.6. The predicted molar refractivity (Wildman–Crippen MR) is 80.0 cm³/mol. The van der Waals surface area contributed by atoms with Gasteiger partial charge in [-0.25, -0.2) is 4.79 Å². The molecule has 2 rings (SSSR count). The standard InChI is InChI=1S/C17H20O3/c1-3-12(8-9-18)14-6-4-13-5-7-15(17(19)20-2)11-16(13)10-14/h4-7,10-12,18H,3,8-9H2,1-2H3. The van der Waals surface area contributed by atoms with Crippen LogP contribution in [0, 0.1) is 0 Å². The third-order valence-corrected chi connectivity index (χ3v) is 3.73. The molecular formula is C17H20O3. The summed E-state index contributed by atoms with van der Waals surface area (Å²) in [6, 6.07) is 11.8. The second-order valence-electron chi connectivity index (χ2n) is 4.93. The normalized spacial score (nSPS) is 12.3. The van der Waals surface area contributed by atoms with Crippen molar-refractivity contribution in [2.45, 2.75) is 25.7 Å². The molecule has 20 heavy (non-hydrogen) atoms. The third kappa shape index (κ3) is 2.99. The fourth-order valence-electron chi connectivity index (χ4n) is 2.53. The van der Waals surface area contributed by atoms with Crippen molar-refractivity contribution in [2.24, 2.45) is 0 Å². The summed E-state index contributed by atoms with van der Waals surface area (Å²) in [6.45, 7) is 2.31. The number of aliphatic hydroxyl groups excluding tert-OH is 1. The number of fused-ring (bicyclic) bond motifs is 1. The van der Waals surface area contributed by atoms with Crippen LogP contribution < -0.4 is 0 Å². The first-order valence-corrected chi connectivity index (χ1v) is 6.92. The molecule has 0 aromatic heterocycles. The van der Waals surface area contributed by atoms with E-state index in [9.17, 15) is 4.79 Å². The van der Waals surface area contributed by atoms with E-state index in [4.69, 9.17) is 9.84 Å². The molecule has 1 N–H and O–H groups in total. The van der Waals surface area contributed by atoms with Gasteiger partial charge in [-0.05, 0) is 47.2 Å². The van der Waals surface area contributed by atoms with Gasteiger partial charge in [-0.2, -0.15) is 0 Å². The lowest BCUT2D eigenvalue weighted by Crippen LogP contribution is -2.02. The maximum absolute atomic E-state index is 11.6. The molecule has 3 heteroatoms. The second-order valence-corrected chi connectivity index (χ2v) is 4.93. The van der Waals surface area contributed by atoms with Crippen molar-refractivity contribution in [3.8, 4) is 0 Å². The minimum atomic E-state index is -0.320. The third-order valence-electron chi connectivity index (χ3n) is 3.73. The van der Waals surface area contributed by atoms with Crippen LogP contribution in [-0.4, -0.2) is 24.8 Å². The molecular weight excluding hydrogens is 252 g/mol. The SMILES string of the molecule is CCC(CCO)c1ccc2ccc(C(=O)OC)cc2c1. The van der Waals surface area contributed by atoms with Crippen LogP contribution in [0.1, 0.15) is 41.6 Å². The lowest BCUT2D eigenvalue weighted by atomic mass is 9.91. The molecule has 1 unspecified atom stereocenters. The number of carbonyl (C=O) groups is 1. The van der Waals surface area contributed by atoms with E-state index in [1.54, 1.807) is 6.07 Å². The van der Waals surface area contributed by atoms with E-state index in [0.29, 0.717) is 11.5 Å². The Morgan fingerprint density at radius 3 is 2.60 bits per heavy atom. The van der Waals surface area contributed by atoms with Gasteiger partial charge in [0.25, 0.3) is 0 Å². The highest BCUT2D eigenvalue weighted by Crippen LogP contribution is 2.27. The Labute approximate surface area is 119 Å². The van der Waals surface area contributed by atoms with Gasteiger partial charge in [-0.15, -0.1) is 0 Å². The number of ether oxygens (including phenoxy) is 1. The first-order valence-electron chi connectivity index (χ1n) is 6.92. The summed E-state index contributed by atoms with van der Waals surface area (Å²) in [6.07, 6.45) is 1.75. The Kier molecular flexibility index (Phi) is 4.74. The van der Waals surface area contributed by atoms with E-state index in [-0.39, 0.29) is 12.6 Å². The van der Waals surface area contributed by atoms with E-state index < -0.39 is 0 Å². The summed E-state index contributed by atoms with van der Waals surface area (Å²) in [7, 11) is 1.39. The number of esters is 1. The summed E-state index contributed by atoms with van der Waals surface area (Å²) in [5, 5.41) is 11.3. The van der Waals surface area contributed by atoms with E-state index in [1.165, 1.54) is 12.7 Å². The van der Waals surface area contributed by atoms with Crippen molar-refractivity contribution in [3.05, 3.63) is 47.5 Å². The molecule has 0 amide bonds. The first-order chi connectivity index (χ1) is 9.69. The van der Waals surface area contributed by atoms with Crippen LogP contribution >= 0.6 is 0 Å². The average molecular weight is 272 g/mol. The minimum Gasteiger partial charge on any atom is -0.465 e. The van der Waals surface area contributed by atoms with E-state index in [2.05, 4.69) is 25.1 Å². The Balaban J connectivity index is 2.42. The van der Waals surface area contributed by atoms with Crippen molar-refractivity contribution in [2.75, 3.05) is 13.7 Å². The van der Waals surface area contributed by atoms with Crippen LogP contribution in [0.4, 0.5) is 0 Å². The summed E-state index contributed by atoms with van der Waals surface area (Å²) >= 11 is 0. The molecule has 0 aliphatic heterocycles. The Hall–Kier alpha value is -1.87. The molecule has 0 aliphatic rings. The second kappa shape index (κ2) is 6.53. The fourth-order valence-corrected chi connectivity index (χ4v) is 2.53. The van der Waals surface area contributed by atoms with Crippen LogP contribution in [0.15, 0.2) is 36.4 Å². The van der Waals surface area contributed by atoms with E-state index in [0.717, 1.165) is 23.6 Å². The molecule has 0 heterocycles. The molecule has 0 saturated heterocycles. The number of hydrogen-bond donors (Lipinski definition) is 1. The van der Waals surface area contributed by atoms with Gasteiger partial charge in [-0.3, -0.25) is 0 Å². The zero-order valence-electron chi connectivity index (χ0n) is 11.9. The van der Waals surface area contributed by atoms with Gasteiger partial charge < -0.3 is 9.84 Å². The molecule has 0 bridgehead atoms. The number of carbonyl (C=O) groups excluding carboxylic acids is 1. The maximum Gasteiger partial charge on any atom is 0.337 e.